The Morgan fingerprint density at radius 1 is 0.917 bits per heavy atom. The van der Waals surface area contributed by atoms with Gasteiger partial charge in [-0.15, -0.1) is 11.3 Å². The van der Waals surface area contributed by atoms with Crippen LogP contribution in [-0.4, -0.2) is 31.8 Å². The van der Waals surface area contributed by atoms with E-state index in [2.05, 4.69) is 0 Å². The first-order valence-corrected chi connectivity index (χ1v) is 12.3. The van der Waals surface area contributed by atoms with Crippen LogP contribution in [0.1, 0.15) is 38.1 Å². The summed E-state index contributed by atoms with van der Waals surface area (Å²) in [7, 11) is -7.35. The molecule has 9 heteroatoms. The molecule has 1 heterocycles. The normalized spacial score (nSPS) is 12.9. The molecular weight excluding hydrogens is 370 g/mol. The zero-order valence-electron chi connectivity index (χ0n) is 15.0. The van der Waals surface area contributed by atoms with Gasteiger partial charge in [0.05, 0.1) is 26.4 Å². The van der Waals surface area contributed by atoms with Gasteiger partial charge < -0.3 is 18.1 Å². The molecule has 6 nitrogen and oxygen atoms in total. The molecule has 0 aromatic carbocycles. The monoisotopic (exact) mass is 398 g/mol. The van der Waals surface area contributed by atoms with Crippen LogP contribution in [-0.2, 0) is 33.6 Å². The molecule has 0 radical (unpaired) electrons. The maximum Gasteiger partial charge on any atom is 0.346 e. The zero-order chi connectivity index (χ0) is 18.2. The summed E-state index contributed by atoms with van der Waals surface area (Å²) in [5.41, 5.74) is 1.10. The highest BCUT2D eigenvalue weighted by Crippen LogP contribution is 2.71. The number of aryl methyl sites for hydroxylation is 1. The van der Waals surface area contributed by atoms with Crippen molar-refractivity contribution in [2.45, 2.75) is 46.4 Å². The first-order chi connectivity index (χ1) is 11.3. The van der Waals surface area contributed by atoms with Gasteiger partial charge in [-0.05, 0) is 51.6 Å². The Morgan fingerprint density at radius 3 is 1.62 bits per heavy atom. The largest absolute Gasteiger partial charge is 0.346 e. The molecule has 0 atom stereocenters. The van der Waals surface area contributed by atoms with E-state index in [4.69, 9.17) is 18.1 Å². The van der Waals surface area contributed by atoms with Crippen LogP contribution >= 0.6 is 26.5 Å². The second-order valence-corrected chi connectivity index (χ2v) is 10.9. The minimum Gasteiger partial charge on any atom is -0.308 e. The van der Waals surface area contributed by atoms with E-state index in [0.29, 0.717) is 0 Å². The Hall–Kier alpha value is 0.0000000000000000139. The highest BCUT2D eigenvalue weighted by atomic mass is 32.1. The zero-order valence-corrected chi connectivity index (χ0v) is 17.6. The van der Waals surface area contributed by atoms with Gasteiger partial charge in [-0.3, -0.25) is 9.13 Å². The standard InChI is InChI=1S/C15H28O6P2S/c1-6-18-22(16,19-7-2)15(11-14-10-13(5)12-24-14)23(17,20-8-3)21-9-4/h10,12,15H,6-9,11H2,1-5H3. The molecule has 0 spiro atoms. The molecule has 140 valence electrons. The SMILES string of the molecule is CCOP(=O)(OCC)C(Cc1cc(C)cs1)P(=O)(OCC)OCC. The van der Waals surface area contributed by atoms with Gasteiger partial charge in [0.25, 0.3) is 0 Å². The summed E-state index contributed by atoms with van der Waals surface area (Å²) in [6.45, 7) is 9.64. The number of thiophene rings is 1. The van der Waals surface area contributed by atoms with Crippen molar-refractivity contribution in [3.05, 3.63) is 21.9 Å². The fourth-order valence-electron chi connectivity index (χ4n) is 2.31. The van der Waals surface area contributed by atoms with Crippen LogP contribution in [0.2, 0.25) is 0 Å². The van der Waals surface area contributed by atoms with E-state index in [0.717, 1.165) is 10.4 Å². The third-order valence-electron chi connectivity index (χ3n) is 3.13. The quantitative estimate of drug-likeness (QED) is 0.436. The lowest BCUT2D eigenvalue weighted by Crippen LogP contribution is -2.19. The molecule has 1 aromatic heterocycles. The minimum atomic E-state index is -3.67. The molecule has 0 N–H and O–H groups in total. The highest BCUT2D eigenvalue weighted by Gasteiger charge is 2.50. The fraction of sp³-hybridized carbons (Fsp3) is 0.733. The van der Waals surface area contributed by atoms with E-state index in [9.17, 15) is 9.13 Å². The van der Waals surface area contributed by atoms with Crippen LogP contribution in [0, 0.1) is 6.92 Å². The van der Waals surface area contributed by atoms with E-state index in [1.807, 2.05) is 18.4 Å². The summed E-state index contributed by atoms with van der Waals surface area (Å²) in [6.07, 6.45) is 0.257. The lowest BCUT2D eigenvalue weighted by molar-refractivity contribution is 0.195. The summed E-state index contributed by atoms with van der Waals surface area (Å²) >= 11 is 1.52. The van der Waals surface area contributed by atoms with Crippen molar-refractivity contribution in [1.29, 1.82) is 0 Å². The number of hydrogen-bond acceptors (Lipinski definition) is 7. The molecular formula is C15H28O6P2S. The molecule has 0 saturated heterocycles. The molecule has 24 heavy (non-hydrogen) atoms. The van der Waals surface area contributed by atoms with Gasteiger partial charge in [-0.1, -0.05) is 0 Å². The van der Waals surface area contributed by atoms with Crippen molar-refractivity contribution in [3.8, 4) is 0 Å². The molecule has 0 fully saturated rings. The van der Waals surface area contributed by atoms with Gasteiger partial charge in [-0.25, -0.2) is 0 Å². The van der Waals surface area contributed by atoms with Crippen LogP contribution in [0.15, 0.2) is 11.4 Å². The van der Waals surface area contributed by atoms with E-state index >= 15 is 0 Å². The highest BCUT2D eigenvalue weighted by molar-refractivity contribution is 7.72. The molecule has 1 aromatic rings. The lowest BCUT2D eigenvalue weighted by atomic mass is 10.3. The van der Waals surface area contributed by atoms with Crippen molar-refractivity contribution < 1.29 is 27.2 Å². The molecule has 0 aliphatic rings. The van der Waals surface area contributed by atoms with Crippen LogP contribution < -0.4 is 0 Å². The Balaban J connectivity index is 3.31. The summed E-state index contributed by atoms with van der Waals surface area (Å²) in [4.78, 5) is 0.941. The van der Waals surface area contributed by atoms with E-state index in [1.165, 1.54) is 11.3 Å². The molecule has 0 aliphatic carbocycles. The molecule has 0 unspecified atom stereocenters. The summed E-state index contributed by atoms with van der Waals surface area (Å²) < 4.78 is 48.5. The van der Waals surface area contributed by atoms with Gasteiger partial charge in [0.1, 0.15) is 0 Å². The van der Waals surface area contributed by atoms with Gasteiger partial charge in [-0.2, -0.15) is 0 Å². The second-order valence-electron chi connectivity index (χ2n) is 5.03. The van der Waals surface area contributed by atoms with Crippen molar-refractivity contribution >= 4 is 26.5 Å². The van der Waals surface area contributed by atoms with Gasteiger partial charge in [0, 0.05) is 11.3 Å². The van der Waals surface area contributed by atoms with Gasteiger partial charge >= 0.3 is 15.2 Å². The predicted octanol–water partition coefficient (Wildman–Crippen LogP) is 5.46. The molecule has 0 saturated carbocycles. The third-order valence-corrected chi connectivity index (χ3v) is 10.2. The van der Waals surface area contributed by atoms with Gasteiger partial charge in [0.15, 0.2) is 5.40 Å². The number of rotatable bonds is 12. The first kappa shape index (κ1) is 22.0. The van der Waals surface area contributed by atoms with Crippen molar-refractivity contribution in [1.82, 2.24) is 0 Å². The summed E-state index contributed by atoms with van der Waals surface area (Å²) in [6, 6.07) is 1.97. The van der Waals surface area contributed by atoms with Crippen LogP contribution in [0.4, 0.5) is 0 Å². The van der Waals surface area contributed by atoms with Crippen molar-refractivity contribution in [2.24, 2.45) is 0 Å². The smallest absolute Gasteiger partial charge is 0.308 e. The van der Waals surface area contributed by atoms with Crippen LogP contribution in [0.3, 0.4) is 0 Å². The molecule has 0 aliphatic heterocycles. The average Bonchev–Trinajstić information content (AvgIpc) is 2.91. The second kappa shape index (κ2) is 10.2. The lowest BCUT2D eigenvalue weighted by Gasteiger charge is -2.31. The van der Waals surface area contributed by atoms with Crippen molar-refractivity contribution in [3.63, 3.8) is 0 Å². The van der Waals surface area contributed by atoms with E-state index in [1.54, 1.807) is 27.7 Å². The fourth-order valence-corrected chi connectivity index (χ4v) is 8.79. The Kier molecular flexibility index (Phi) is 9.39. The maximum atomic E-state index is 13.3. The molecule has 0 bridgehead atoms. The molecule has 1 rings (SSSR count). The Labute approximate surface area is 148 Å². The third kappa shape index (κ3) is 5.77. The first-order valence-electron chi connectivity index (χ1n) is 8.16. The summed E-state index contributed by atoms with van der Waals surface area (Å²) in [5, 5.41) is 1.01. The van der Waals surface area contributed by atoms with E-state index in [-0.39, 0.29) is 32.8 Å². The van der Waals surface area contributed by atoms with E-state index < -0.39 is 20.6 Å². The van der Waals surface area contributed by atoms with Crippen molar-refractivity contribution in [2.75, 3.05) is 26.4 Å². The Morgan fingerprint density at radius 2 is 1.33 bits per heavy atom. The predicted molar refractivity (Wildman–Crippen MR) is 98.3 cm³/mol. The minimum absolute atomic E-state index is 0.190. The topological polar surface area (TPSA) is 71.1 Å². The maximum absolute atomic E-state index is 13.3. The average molecular weight is 398 g/mol. The number of hydrogen-bond donors (Lipinski definition) is 0. The van der Waals surface area contributed by atoms with Crippen LogP contribution in [0.25, 0.3) is 0 Å². The Bertz CT molecular complexity index is 538. The molecule has 0 amide bonds. The van der Waals surface area contributed by atoms with Gasteiger partial charge in [0.2, 0.25) is 0 Å². The van der Waals surface area contributed by atoms with Crippen LogP contribution in [0.5, 0.6) is 0 Å². The summed E-state index contributed by atoms with van der Waals surface area (Å²) in [5.74, 6) is 0.